The fraction of sp³-hybridized carbons (Fsp3) is 0.429. The maximum absolute atomic E-state index is 13.0. The summed E-state index contributed by atoms with van der Waals surface area (Å²) >= 11 is 0. The summed E-state index contributed by atoms with van der Waals surface area (Å²) in [6.07, 6.45) is 3.34. The first-order valence-electron chi connectivity index (χ1n) is 10.0. The van der Waals surface area contributed by atoms with E-state index in [4.69, 9.17) is 0 Å². The van der Waals surface area contributed by atoms with Gasteiger partial charge in [0.2, 0.25) is 0 Å². The number of hydrogen-bond acceptors (Lipinski definition) is 6. The first kappa shape index (κ1) is 19.3. The Morgan fingerprint density at radius 1 is 0.793 bits per heavy atom. The maximum Gasteiger partial charge on any atom is 0.272 e. The van der Waals surface area contributed by atoms with Crippen molar-refractivity contribution in [3.63, 3.8) is 0 Å². The molecule has 4 rings (SSSR count). The molecule has 2 amide bonds. The Balaban J connectivity index is 1.39. The normalized spacial score (nSPS) is 18.0. The molecular weight excluding hydrogens is 368 g/mol. The molecule has 0 aliphatic carbocycles. The van der Waals surface area contributed by atoms with Gasteiger partial charge in [-0.3, -0.25) is 14.6 Å². The average Bonchev–Trinajstić information content (AvgIpc) is 2.79. The lowest BCUT2D eigenvalue weighted by Gasteiger charge is -2.35. The summed E-state index contributed by atoms with van der Waals surface area (Å²) in [5, 5.41) is 0. The van der Waals surface area contributed by atoms with Crippen molar-refractivity contribution in [2.45, 2.75) is 0 Å². The molecule has 0 aromatic carbocycles. The van der Waals surface area contributed by atoms with Gasteiger partial charge in [-0.15, -0.1) is 0 Å². The number of carbonyl (C=O) groups is 2. The summed E-state index contributed by atoms with van der Waals surface area (Å²) in [7, 11) is 2.05. The monoisotopic (exact) mass is 394 g/mol. The molecular formula is C21H26N6O2. The third-order valence-corrected chi connectivity index (χ3v) is 5.56. The highest BCUT2D eigenvalue weighted by Gasteiger charge is 2.25. The summed E-state index contributed by atoms with van der Waals surface area (Å²) in [5.41, 5.74) is 0.858. The molecule has 0 bridgehead atoms. The predicted molar refractivity (Wildman–Crippen MR) is 110 cm³/mol. The number of anilines is 1. The van der Waals surface area contributed by atoms with Crippen molar-refractivity contribution < 1.29 is 9.59 Å². The van der Waals surface area contributed by atoms with Gasteiger partial charge in [0.25, 0.3) is 11.8 Å². The molecule has 2 saturated heterocycles. The molecule has 2 aromatic heterocycles. The van der Waals surface area contributed by atoms with Crippen molar-refractivity contribution in [1.29, 1.82) is 0 Å². The van der Waals surface area contributed by atoms with E-state index in [1.807, 2.05) is 35.0 Å². The molecule has 2 fully saturated rings. The SMILES string of the molecule is CN1CCN(C(=O)c2cc(C(=O)N3CCN(c4ccccn4)CC3)ccn2)CC1. The second-order valence-electron chi connectivity index (χ2n) is 7.49. The quantitative estimate of drug-likeness (QED) is 0.768. The largest absolute Gasteiger partial charge is 0.353 e. The van der Waals surface area contributed by atoms with Crippen LogP contribution in [0, 0.1) is 0 Å². The molecule has 0 radical (unpaired) electrons. The van der Waals surface area contributed by atoms with E-state index in [9.17, 15) is 9.59 Å². The van der Waals surface area contributed by atoms with Crippen LogP contribution in [0.4, 0.5) is 5.82 Å². The molecule has 0 unspecified atom stereocenters. The van der Waals surface area contributed by atoms with Gasteiger partial charge in [0.05, 0.1) is 0 Å². The Morgan fingerprint density at radius 3 is 2.17 bits per heavy atom. The average molecular weight is 394 g/mol. The Hall–Kier alpha value is -3.00. The molecule has 2 aliphatic heterocycles. The highest BCUT2D eigenvalue weighted by atomic mass is 16.2. The fourth-order valence-corrected chi connectivity index (χ4v) is 3.71. The number of amides is 2. The lowest BCUT2D eigenvalue weighted by Crippen LogP contribution is -2.49. The van der Waals surface area contributed by atoms with Crippen LogP contribution < -0.4 is 4.90 Å². The molecule has 152 valence electrons. The van der Waals surface area contributed by atoms with Crippen LogP contribution in [-0.4, -0.2) is 95.9 Å². The van der Waals surface area contributed by atoms with E-state index in [1.165, 1.54) is 0 Å². The molecule has 4 heterocycles. The van der Waals surface area contributed by atoms with E-state index in [0.29, 0.717) is 37.4 Å². The molecule has 0 saturated carbocycles. The first-order valence-corrected chi connectivity index (χ1v) is 10.0. The highest BCUT2D eigenvalue weighted by Crippen LogP contribution is 2.15. The second-order valence-corrected chi connectivity index (χ2v) is 7.49. The number of carbonyl (C=O) groups excluding carboxylic acids is 2. The van der Waals surface area contributed by atoms with Gasteiger partial charge in [0, 0.05) is 70.3 Å². The van der Waals surface area contributed by atoms with Crippen LogP contribution in [0.15, 0.2) is 42.7 Å². The highest BCUT2D eigenvalue weighted by molar-refractivity contribution is 5.98. The van der Waals surface area contributed by atoms with Crippen LogP contribution >= 0.6 is 0 Å². The number of nitrogens with zero attached hydrogens (tertiary/aromatic N) is 6. The number of piperazine rings is 2. The summed E-state index contributed by atoms with van der Waals surface area (Å²) in [5.74, 6) is 0.775. The number of rotatable bonds is 3. The zero-order chi connectivity index (χ0) is 20.2. The summed E-state index contributed by atoms with van der Waals surface area (Å²) in [6.45, 7) is 5.80. The van der Waals surface area contributed by atoms with Crippen LogP contribution in [0.25, 0.3) is 0 Å². The van der Waals surface area contributed by atoms with Crippen LogP contribution in [0.3, 0.4) is 0 Å². The van der Waals surface area contributed by atoms with Gasteiger partial charge in [-0.05, 0) is 31.3 Å². The van der Waals surface area contributed by atoms with E-state index < -0.39 is 0 Å². The van der Waals surface area contributed by atoms with Gasteiger partial charge in [-0.2, -0.15) is 0 Å². The minimum absolute atomic E-state index is 0.0551. The lowest BCUT2D eigenvalue weighted by atomic mass is 10.1. The van der Waals surface area contributed by atoms with Gasteiger partial charge >= 0.3 is 0 Å². The van der Waals surface area contributed by atoms with Crippen LogP contribution in [0.1, 0.15) is 20.8 Å². The van der Waals surface area contributed by atoms with Gasteiger partial charge < -0.3 is 19.6 Å². The Morgan fingerprint density at radius 2 is 1.48 bits per heavy atom. The Bertz CT molecular complexity index is 858. The van der Waals surface area contributed by atoms with E-state index in [1.54, 1.807) is 24.5 Å². The van der Waals surface area contributed by atoms with Crippen molar-refractivity contribution >= 4 is 17.6 Å². The van der Waals surface area contributed by atoms with Crippen LogP contribution in [0.2, 0.25) is 0 Å². The van der Waals surface area contributed by atoms with Crippen molar-refractivity contribution in [1.82, 2.24) is 24.7 Å². The summed E-state index contributed by atoms with van der Waals surface area (Å²) in [6, 6.07) is 9.17. The number of hydrogen-bond donors (Lipinski definition) is 0. The van der Waals surface area contributed by atoms with Crippen molar-refractivity contribution in [3.8, 4) is 0 Å². The van der Waals surface area contributed by atoms with E-state index in [0.717, 1.165) is 32.0 Å². The Kier molecular flexibility index (Phi) is 5.71. The molecule has 2 aromatic rings. The first-order chi connectivity index (χ1) is 14.1. The second kappa shape index (κ2) is 8.57. The maximum atomic E-state index is 13.0. The minimum atomic E-state index is -0.104. The van der Waals surface area contributed by atoms with Crippen LogP contribution in [-0.2, 0) is 0 Å². The van der Waals surface area contributed by atoms with E-state index in [-0.39, 0.29) is 11.8 Å². The molecule has 0 N–H and O–H groups in total. The van der Waals surface area contributed by atoms with E-state index >= 15 is 0 Å². The fourth-order valence-electron chi connectivity index (χ4n) is 3.71. The molecule has 0 spiro atoms. The summed E-state index contributed by atoms with van der Waals surface area (Å²) in [4.78, 5) is 42.3. The van der Waals surface area contributed by atoms with E-state index in [2.05, 4.69) is 19.8 Å². The lowest BCUT2D eigenvalue weighted by molar-refractivity contribution is 0.0658. The molecule has 8 nitrogen and oxygen atoms in total. The smallest absolute Gasteiger partial charge is 0.272 e. The number of likely N-dealkylation sites (N-methyl/N-ethyl adjacent to an activating group) is 1. The zero-order valence-corrected chi connectivity index (χ0v) is 16.7. The third-order valence-electron chi connectivity index (χ3n) is 5.56. The Labute approximate surface area is 170 Å². The van der Waals surface area contributed by atoms with Gasteiger partial charge in [-0.1, -0.05) is 6.07 Å². The summed E-state index contributed by atoms with van der Waals surface area (Å²) < 4.78 is 0. The molecule has 29 heavy (non-hydrogen) atoms. The molecule has 8 heteroatoms. The third kappa shape index (κ3) is 4.37. The zero-order valence-electron chi connectivity index (χ0n) is 16.7. The van der Waals surface area contributed by atoms with Crippen molar-refractivity contribution in [3.05, 3.63) is 54.0 Å². The van der Waals surface area contributed by atoms with Gasteiger partial charge in [-0.25, -0.2) is 4.98 Å². The van der Waals surface area contributed by atoms with Crippen molar-refractivity contribution in [2.75, 3.05) is 64.3 Å². The molecule has 0 atom stereocenters. The number of pyridine rings is 2. The number of aromatic nitrogens is 2. The van der Waals surface area contributed by atoms with Crippen LogP contribution in [0.5, 0.6) is 0 Å². The standard InChI is InChI=1S/C21H26N6O2/c1-24-8-10-27(11-9-24)21(29)18-16-17(5-7-22-18)20(28)26-14-12-25(13-15-26)19-4-2-3-6-23-19/h2-7,16H,8-15H2,1H3. The van der Waals surface area contributed by atoms with Crippen molar-refractivity contribution in [2.24, 2.45) is 0 Å². The van der Waals surface area contributed by atoms with Gasteiger partial charge in [0.1, 0.15) is 11.5 Å². The minimum Gasteiger partial charge on any atom is -0.353 e. The van der Waals surface area contributed by atoms with Gasteiger partial charge in [0.15, 0.2) is 0 Å². The molecule has 2 aliphatic rings. The topological polar surface area (TPSA) is 72.9 Å². The predicted octanol–water partition coefficient (Wildman–Crippen LogP) is 0.827.